The molecule has 1 aliphatic heterocycles. The molecule has 0 aliphatic carbocycles. The first-order chi connectivity index (χ1) is 3.93. The first kappa shape index (κ1) is 5.35. The lowest BCUT2D eigenvalue weighted by Gasteiger charge is -1.86. The quantitative estimate of drug-likeness (QED) is 0.510. The van der Waals surface area contributed by atoms with Crippen molar-refractivity contribution in [2.24, 2.45) is 5.10 Å². The SMILES string of the molecule is CCCC1=C[N]N=C1. The minimum Gasteiger partial charge on any atom is -0.159 e. The molecule has 1 radical (unpaired) electrons. The average molecular weight is 109 g/mol. The van der Waals surface area contributed by atoms with Crippen molar-refractivity contribution >= 4 is 6.21 Å². The molecule has 0 unspecified atom stereocenters. The maximum absolute atomic E-state index is 3.69. The summed E-state index contributed by atoms with van der Waals surface area (Å²) in [4.78, 5) is 0. The van der Waals surface area contributed by atoms with E-state index in [1.807, 2.05) is 12.4 Å². The standard InChI is InChI=1S/C6H9N2/c1-2-3-6-4-7-8-5-6/h4-5H,2-3H2,1H3. The van der Waals surface area contributed by atoms with Crippen molar-refractivity contribution in [3.8, 4) is 0 Å². The smallest absolute Gasteiger partial charge is 0.0543 e. The fourth-order valence-corrected chi connectivity index (χ4v) is 0.666. The molecular formula is C6H9N2. The second kappa shape index (κ2) is 2.50. The minimum atomic E-state index is 1.10. The summed E-state index contributed by atoms with van der Waals surface area (Å²) < 4.78 is 0. The van der Waals surface area contributed by atoms with E-state index in [-0.39, 0.29) is 0 Å². The third-order valence-electron chi connectivity index (χ3n) is 1.05. The molecule has 0 aromatic carbocycles. The molecular weight excluding hydrogens is 100 g/mol. The second-order valence-electron chi connectivity index (χ2n) is 1.81. The Balaban J connectivity index is 2.34. The van der Waals surface area contributed by atoms with Crippen molar-refractivity contribution in [2.45, 2.75) is 19.8 Å². The highest BCUT2D eigenvalue weighted by atomic mass is 15.3. The topological polar surface area (TPSA) is 26.5 Å². The van der Waals surface area contributed by atoms with Crippen LogP contribution in [0.3, 0.4) is 0 Å². The van der Waals surface area contributed by atoms with E-state index in [0.717, 1.165) is 6.42 Å². The van der Waals surface area contributed by atoms with Gasteiger partial charge in [-0.2, -0.15) is 10.5 Å². The summed E-state index contributed by atoms with van der Waals surface area (Å²) >= 11 is 0. The summed E-state index contributed by atoms with van der Waals surface area (Å²) in [5, 5.41) is 3.69. The number of allylic oxidation sites excluding steroid dienone is 1. The van der Waals surface area contributed by atoms with Gasteiger partial charge >= 0.3 is 0 Å². The van der Waals surface area contributed by atoms with Gasteiger partial charge in [0.15, 0.2) is 0 Å². The molecule has 0 saturated heterocycles. The van der Waals surface area contributed by atoms with Crippen molar-refractivity contribution in [1.29, 1.82) is 0 Å². The van der Waals surface area contributed by atoms with E-state index in [1.165, 1.54) is 12.0 Å². The zero-order valence-electron chi connectivity index (χ0n) is 4.96. The number of hydrogen-bond acceptors (Lipinski definition) is 1. The van der Waals surface area contributed by atoms with Crippen LogP contribution >= 0.6 is 0 Å². The highest BCUT2D eigenvalue weighted by molar-refractivity contribution is 5.79. The minimum absolute atomic E-state index is 1.10. The molecule has 1 aliphatic rings. The van der Waals surface area contributed by atoms with E-state index in [1.54, 1.807) is 0 Å². The Labute approximate surface area is 49.3 Å². The van der Waals surface area contributed by atoms with E-state index in [0.29, 0.717) is 0 Å². The van der Waals surface area contributed by atoms with Crippen LogP contribution in [0.25, 0.3) is 0 Å². The fraction of sp³-hybridized carbons (Fsp3) is 0.500. The molecule has 1 heterocycles. The van der Waals surface area contributed by atoms with Crippen molar-refractivity contribution < 1.29 is 0 Å². The van der Waals surface area contributed by atoms with Crippen LogP contribution in [0, 0.1) is 0 Å². The van der Waals surface area contributed by atoms with Crippen molar-refractivity contribution in [3.63, 3.8) is 0 Å². The molecule has 2 heteroatoms. The summed E-state index contributed by atoms with van der Waals surface area (Å²) in [5.74, 6) is 0. The van der Waals surface area contributed by atoms with Crippen LogP contribution in [0.5, 0.6) is 0 Å². The predicted octanol–water partition coefficient (Wildman–Crippen LogP) is 1.27. The van der Waals surface area contributed by atoms with E-state index in [4.69, 9.17) is 0 Å². The van der Waals surface area contributed by atoms with Crippen LogP contribution < -0.4 is 5.43 Å². The Bertz CT molecular complexity index is 124. The molecule has 8 heavy (non-hydrogen) atoms. The van der Waals surface area contributed by atoms with E-state index >= 15 is 0 Å². The van der Waals surface area contributed by atoms with Crippen LogP contribution in [-0.2, 0) is 0 Å². The lowest BCUT2D eigenvalue weighted by atomic mass is 10.2. The van der Waals surface area contributed by atoms with Gasteiger partial charge in [0.05, 0.1) is 12.4 Å². The van der Waals surface area contributed by atoms with E-state index in [9.17, 15) is 0 Å². The number of hydrogen-bond donors (Lipinski definition) is 0. The van der Waals surface area contributed by atoms with Gasteiger partial charge in [-0.25, -0.2) is 0 Å². The van der Waals surface area contributed by atoms with Gasteiger partial charge in [0.25, 0.3) is 0 Å². The van der Waals surface area contributed by atoms with E-state index in [2.05, 4.69) is 17.5 Å². The summed E-state index contributed by atoms with van der Waals surface area (Å²) in [6.07, 6.45) is 5.90. The normalized spacial score (nSPS) is 15.9. The van der Waals surface area contributed by atoms with Gasteiger partial charge in [0, 0.05) is 0 Å². The van der Waals surface area contributed by atoms with Gasteiger partial charge in [0.2, 0.25) is 0 Å². The monoisotopic (exact) mass is 109 g/mol. The first-order valence-corrected chi connectivity index (χ1v) is 2.85. The molecule has 0 amide bonds. The van der Waals surface area contributed by atoms with Gasteiger partial charge in [-0.05, 0) is 12.0 Å². The van der Waals surface area contributed by atoms with Gasteiger partial charge < -0.3 is 0 Å². The highest BCUT2D eigenvalue weighted by Crippen LogP contribution is 2.03. The Hall–Kier alpha value is -0.790. The largest absolute Gasteiger partial charge is 0.159 e. The fourth-order valence-electron chi connectivity index (χ4n) is 0.666. The molecule has 2 nitrogen and oxygen atoms in total. The summed E-state index contributed by atoms with van der Waals surface area (Å²) in [6.45, 7) is 2.15. The third-order valence-corrected chi connectivity index (χ3v) is 1.05. The first-order valence-electron chi connectivity index (χ1n) is 2.85. The lowest BCUT2D eigenvalue weighted by Crippen LogP contribution is -1.77. The number of rotatable bonds is 2. The zero-order valence-corrected chi connectivity index (χ0v) is 4.96. The van der Waals surface area contributed by atoms with Gasteiger partial charge in [0.1, 0.15) is 0 Å². The van der Waals surface area contributed by atoms with Gasteiger partial charge in [-0.1, -0.05) is 13.3 Å². The molecule has 1 rings (SSSR count). The van der Waals surface area contributed by atoms with Crippen LogP contribution in [-0.4, -0.2) is 6.21 Å². The molecule has 0 fully saturated rings. The number of nitrogens with zero attached hydrogens (tertiary/aromatic N) is 2. The summed E-state index contributed by atoms with van der Waals surface area (Å²) in [6, 6.07) is 0. The maximum Gasteiger partial charge on any atom is 0.0543 e. The Kier molecular flexibility index (Phi) is 1.67. The summed E-state index contributed by atoms with van der Waals surface area (Å²) in [5.41, 5.74) is 4.93. The molecule has 0 saturated carbocycles. The zero-order chi connectivity index (χ0) is 5.82. The molecule has 0 spiro atoms. The van der Waals surface area contributed by atoms with Crippen LogP contribution in [0.4, 0.5) is 0 Å². The van der Waals surface area contributed by atoms with Crippen LogP contribution in [0.15, 0.2) is 16.9 Å². The molecule has 0 aromatic heterocycles. The maximum atomic E-state index is 3.69. The molecule has 0 bridgehead atoms. The third kappa shape index (κ3) is 1.09. The Morgan fingerprint density at radius 2 is 2.50 bits per heavy atom. The molecule has 43 valence electrons. The second-order valence-corrected chi connectivity index (χ2v) is 1.81. The van der Waals surface area contributed by atoms with Crippen LogP contribution in [0.2, 0.25) is 0 Å². The van der Waals surface area contributed by atoms with Crippen molar-refractivity contribution in [3.05, 3.63) is 11.8 Å². The summed E-state index contributed by atoms with van der Waals surface area (Å²) in [7, 11) is 0. The molecule has 0 atom stereocenters. The van der Waals surface area contributed by atoms with E-state index < -0.39 is 0 Å². The molecule has 0 N–H and O–H groups in total. The van der Waals surface area contributed by atoms with Gasteiger partial charge in [-0.3, -0.25) is 0 Å². The van der Waals surface area contributed by atoms with Gasteiger partial charge in [-0.15, -0.1) is 0 Å². The van der Waals surface area contributed by atoms with Crippen molar-refractivity contribution in [2.75, 3.05) is 0 Å². The van der Waals surface area contributed by atoms with Crippen LogP contribution in [0.1, 0.15) is 19.8 Å². The highest BCUT2D eigenvalue weighted by Gasteiger charge is 1.95. The average Bonchev–Trinajstić information content (AvgIpc) is 2.19. The Morgan fingerprint density at radius 3 is 3.00 bits per heavy atom. The predicted molar refractivity (Wildman–Crippen MR) is 33.6 cm³/mol. The lowest BCUT2D eigenvalue weighted by molar-refractivity contribution is 0.924. The Morgan fingerprint density at radius 1 is 1.62 bits per heavy atom. The molecule has 0 aromatic rings. The van der Waals surface area contributed by atoms with Crippen molar-refractivity contribution in [1.82, 2.24) is 5.43 Å².